The van der Waals surface area contributed by atoms with Crippen LogP contribution in [0, 0.1) is 5.41 Å². The van der Waals surface area contributed by atoms with Gasteiger partial charge >= 0.3 is 0 Å². The van der Waals surface area contributed by atoms with Gasteiger partial charge in [-0.1, -0.05) is 57.2 Å². The van der Waals surface area contributed by atoms with E-state index < -0.39 is 5.41 Å². The molecule has 1 aliphatic rings. The average Bonchev–Trinajstić information content (AvgIpc) is 2.55. The minimum absolute atomic E-state index is 0.0478. The molecule has 24 heavy (non-hydrogen) atoms. The van der Waals surface area contributed by atoms with Crippen molar-refractivity contribution in [2.45, 2.75) is 46.2 Å². The van der Waals surface area contributed by atoms with Crippen molar-refractivity contribution in [1.29, 1.82) is 0 Å². The number of carbonyl (C=O) groups excluding carboxylic acids is 1. The predicted molar refractivity (Wildman–Crippen MR) is 100 cm³/mol. The Kier molecular flexibility index (Phi) is 4.35. The molecule has 3 rings (SSSR count). The summed E-state index contributed by atoms with van der Waals surface area (Å²) in [6.45, 7) is 8.14. The van der Waals surface area contributed by atoms with Gasteiger partial charge in [0.15, 0.2) is 0 Å². The molecule has 2 atom stereocenters. The third kappa shape index (κ3) is 3.16. The minimum atomic E-state index is -0.432. The smallest absolute Gasteiger partial charge is 0.232 e. The highest BCUT2D eigenvalue weighted by molar-refractivity contribution is 5.98. The second-order valence-electron chi connectivity index (χ2n) is 7.64. The SMILES string of the molecule is C[C@H]1C[C@H](N(C(=O)C(C)(C)C)c2ccccc2)c2ccccc2N1. The molecule has 0 saturated carbocycles. The van der Waals surface area contributed by atoms with Gasteiger partial charge in [-0.2, -0.15) is 0 Å². The van der Waals surface area contributed by atoms with Crippen LogP contribution in [0.25, 0.3) is 0 Å². The van der Waals surface area contributed by atoms with Crippen LogP contribution in [-0.2, 0) is 4.79 Å². The molecule has 3 nitrogen and oxygen atoms in total. The molecule has 1 aliphatic heterocycles. The van der Waals surface area contributed by atoms with Crippen LogP contribution in [0.2, 0.25) is 0 Å². The molecule has 0 spiro atoms. The van der Waals surface area contributed by atoms with Crippen molar-refractivity contribution in [3.05, 3.63) is 60.2 Å². The van der Waals surface area contributed by atoms with Crippen molar-refractivity contribution in [2.24, 2.45) is 5.41 Å². The Labute approximate surface area is 144 Å². The van der Waals surface area contributed by atoms with Gasteiger partial charge < -0.3 is 10.2 Å². The molecular formula is C21H26N2O. The van der Waals surface area contributed by atoms with Crippen LogP contribution < -0.4 is 10.2 Å². The van der Waals surface area contributed by atoms with Crippen molar-refractivity contribution in [3.8, 4) is 0 Å². The van der Waals surface area contributed by atoms with Gasteiger partial charge in [-0.15, -0.1) is 0 Å². The van der Waals surface area contributed by atoms with E-state index in [1.165, 1.54) is 5.56 Å². The summed E-state index contributed by atoms with van der Waals surface area (Å²) >= 11 is 0. The van der Waals surface area contributed by atoms with Crippen LogP contribution in [0.3, 0.4) is 0 Å². The molecule has 0 aromatic heterocycles. The summed E-state index contributed by atoms with van der Waals surface area (Å²) in [5.74, 6) is 0.155. The van der Waals surface area contributed by atoms with E-state index >= 15 is 0 Å². The molecule has 2 aromatic carbocycles. The highest BCUT2D eigenvalue weighted by Gasteiger charge is 2.37. The maximum Gasteiger partial charge on any atom is 0.232 e. The van der Waals surface area contributed by atoms with E-state index in [-0.39, 0.29) is 11.9 Å². The first-order valence-corrected chi connectivity index (χ1v) is 8.62. The van der Waals surface area contributed by atoms with Crippen molar-refractivity contribution in [2.75, 3.05) is 10.2 Å². The Morgan fingerprint density at radius 2 is 1.67 bits per heavy atom. The molecule has 1 amide bonds. The summed E-state index contributed by atoms with van der Waals surface area (Å²) in [7, 11) is 0. The highest BCUT2D eigenvalue weighted by Crippen LogP contribution is 2.40. The number of hydrogen-bond donors (Lipinski definition) is 1. The fourth-order valence-corrected chi connectivity index (χ4v) is 3.34. The van der Waals surface area contributed by atoms with Crippen LogP contribution in [0.1, 0.15) is 45.7 Å². The maximum atomic E-state index is 13.3. The normalized spacial score (nSPS) is 20.0. The molecule has 1 heterocycles. The average molecular weight is 322 g/mol. The molecule has 2 aromatic rings. The number of anilines is 2. The Bertz CT molecular complexity index is 718. The van der Waals surface area contributed by atoms with Crippen LogP contribution >= 0.6 is 0 Å². The third-order valence-corrected chi connectivity index (χ3v) is 4.50. The van der Waals surface area contributed by atoms with Crippen molar-refractivity contribution in [1.82, 2.24) is 0 Å². The number of rotatable bonds is 2. The molecule has 0 fully saturated rings. The molecule has 0 radical (unpaired) electrons. The number of fused-ring (bicyclic) bond motifs is 1. The van der Waals surface area contributed by atoms with Crippen LogP contribution in [0.15, 0.2) is 54.6 Å². The van der Waals surface area contributed by atoms with Gasteiger partial charge in [0, 0.05) is 22.8 Å². The lowest BCUT2D eigenvalue weighted by Crippen LogP contribution is -2.45. The molecule has 126 valence electrons. The zero-order valence-corrected chi connectivity index (χ0v) is 14.9. The molecular weight excluding hydrogens is 296 g/mol. The molecule has 0 bridgehead atoms. The molecule has 3 heteroatoms. The Balaban J connectivity index is 2.11. The van der Waals surface area contributed by atoms with E-state index in [1.54, 1.807) is 0 Å². The lowest BCUT2D eigenvalue weighted by Gasteiger charge is -2.41. The Morgan fingerprint density at radius 3 is 2.33 bits per heavy atom. The number of carbonyl (C=O) groups is 1. The standard InChI is InChI=1S/C21H26N2O/c1-15-14-19(17-12-8-9-13-18(17)22-15)23(20(24)21(2,3)4)16-10-6-5-7-11-16/h5-13,15,19,22H,14H2,1-4H3/t15-,19-/m0/s1. The molecule has 0 saturated heterocycles. The lowest BCUT2D eigenvalue weighted by atomic mass is 9.88. The first-order valence-electron chi connectivity index (χ1n) is 8.62. The second-order valence-corrected chi connectivity index (χ2v) is 7.64. The first kappa shape index (κ1) is 16.6. The van der Waals surface area contributed by atoms with Crippen LogP contribution in [0.5, 0.6) is 0 Å². The van der Waals surface area contributed by atoms with Crippen molar-refractivity contribution >= 4 is 17.3 Å². The maximum absolute atomic E-state index is 13.3. The first-order chi connectivity index (χ1) is 11.4. The van der Waals surface area contributed by atoms with E-state index in [9.17, 15) is 4.79 Å². The molecule has 1 N–H and O–H groups in total. The highest BCUT2D eigenvalue weighted by atomic mass is 16.2. The van der Waals surface area contributed by atoms with Gasteiger partial charge in [0.25, 0.3) is 0 Å². The molecule has 0 aliphatic carbocycles. The van der Waals surface area contributed by atoms with Gasteiger partial charge in [-0.25, -0.2) is 0 Å². The topological polar surface area (TPSA) is 32.3 Å². The van der Waals surface area contributed by atoms with E-state index in [0.717, 1.165) is 17.8 Å². The third-order valence-electron chi connectivity index (χ3n) is 4.50. The quantitative estimate of drug-likeness (QED) is 0.843. The Morgan fingerprint density at radius 1 is 1.04 bits per heavy atom. The van der Waals surface area contributed by atoms with Gasteiger partial charge in [0.1, 0.15) is 0 Å². The van der Waals surface area contributed by atoms with Crippen LogP contribution in [-0.4, -0.2) is 11.9 Å². The lowest BCUT2D eigenvalue weighted by molar-refractivity contribution is -0.126. The number of benzene rings is 2. The number of nitrogens with one attached hydrogen (secondary N) is 1. The summed E-state index contributed by atoms with van der Waals surface area (Å²) in [4.78, 5) is 15.3. The zero-order chi connectivity index (χ0) is 17.3. The number of para-hydroxylation sites is 2. The Hall–Kier alpha value is -2.29. The van der Waals surface area contributed by atoms with Crippen LogP contribution in [0.4, 0.5) is 11.4 Å². The summed E-state index contributed by atoms with van der Waals surface area (Å²) < 4.78 is 0. The fraction of sp³-hybridized carbons (Fsp3) is 0.381. The van der Waals surface area contributed by atoms with Gasteiger partial charge in [0.05, 0.1) is 6.04 Å². The van der Waals surface area contributed by atoms with E-state index in [0.29, 0.717) is 6.04 Å². The summed E-state index contributed by atoms with van der Waals surface area (Å²) in [5.41, 5.74) is 2.85. The largest absolute Gasteiger partial charge is 0.382 e. The number of hydrogen-bond acceptors (Lipinski definition) is 2. The summed E-state index contributed by atoms with van der Waals surface area (Å²) in [6.07, 6.45) is 0.897. The number of nitrogens with zero attached hydrogens (tertiary/aromatic N) is 1. The number of amides is 1. The van der Waals surface area contributed by atoms with Gasteiger partial charge in [-0.3, -0.25) is 4.79 Å². The second kappa shape index (κ2) is 6.31. The van der Waals surface area contributed by atoms with E-state index in [2.05, 4.69) is 24.4 Å². The summed E-state index contributed by atoms with van der Waals surface area (Å²) in [5, 5.41) is 3.54. The van der Waals surface area contributed by atoms with E-state index in [4.69, 9.17) is 0 Å². The van der Waals surface area contributed by atoms with Gasteiger partial charge in [-0.05, 0) is 37.1 Å². The summed E-state index contributed by atoms with van der Waals surface area (Å²) in [6, 6.07) is 18.7. The molecule has 0 unspecified atom stereocenters. The zero-order valence-electron chi connectivity index (χ0n) is 14.9. The van der Waals surface area contributed by atoms with Gasteiger partial charge in [0.2, 0.25) is 5.91 Å². The fourth-order valence-electron chi connectivity index (χ4n) is 3.34. The van der Waals surface area contributed by atoms with Crippen molar-refractivity contribution < 1.29 is 4.79 Å². The monoisotopic (exact) mass is 322 g/mol. The van der Waals surface area contributed by atoms with Crippen molar-refractivity contribution in [3.63, 3.8) is 0 Å². The minimum Gasteiger partial charge on any atom is -0.382 e. The van der Waals surface area contributed by atoms with E-state index in [1.807, 2.05) is 68.1 Å². The predicted octanol–water partition coefficient (Wildman–Crippen LogP) is 5.01.